The van der Waals surface area contributed by atoms with Gasteiger partial charge in [0.15, 0.2) is 0 Å². The molecule has 0 saturated carbocycles. The molecule has 0 aliphatic heterocycles. The Bertz CT molecular complexity index is 91.0. The van der Waals surface area contributed by atoms with Crippen molar-refractivity contribution in [3.63, 3.8) is 0 Å². The fraction of sp³-hybridized carbons (Fsp3) is 1.00. The van der Waals surface area contributed by atoms with E-state index in [-0.39, 0.29) is 0 Å². The second kappa shape index (κ2) is 7.60. The number of rotatable bonds is 7. The maximum Gasteiger partial charge on any atom is 0.00638 e. The highest BCUT2D eigenvalue weighted by Crippen LogP contribution is 2.16. The van der Waals surface area contributed by atoms with Gasteiger partial charge in [0, 0.05) is 6.04 Å². The Hall–Kier alpha value is -0.0400. The monoisotopic (exact) mass is 171 g/mol. The van der Waals surface area contributed by atoms with Gasteiger partial charge in [0.05, 0.1) is 0 Å². The number of nitrogens with one attached hydrogen (secondary N) is 1. The molecule has 0 aromatic heterocycles. The Morgan fingerprint density at radius 2 is 1.83 bits per heavy atom. The molecule has 0 aliphatic rings. The average Bonchev–Trinajstić information content (AvgIpc) is 2.11. The third-order valence-corrected chi connectivity index (χ3v) is 2.87. The highest BCUT2D eigenvalue weighted by atomic mass is 14.9. The summed E-state index contributed by atoms with van der Waals surface area (Å²) in [6.07, 6.45) is 6.84. The van der Waals surface area contributed by atoms with Crippen LogP contribution >= 0.6 is 0 Å². The Labute approximate surface area is 77.9 Å². The molecular formula is C11H25N. The number of hydrogen-bond donors (Lipinski definition) is 1. The summed E-state index contributed by atoms with van der Waals surface area (Å²) in [5.74, 6) is 0.876. The van der Waals surface area contributed by atoms with Crippen LogP contribution in [0.15, 0.2) is 0 Å². The first kappa shape index (κ1) is 12.0. The van der Waals surface area contributed by atoms with Gasteiger partial charge >= 0.3 is 0 Å². The molecule has 1 heteroatoms. The minimum absolute atomic E-state index is 0.687. The standard InChI is InChI=1S/C11H25N/c1-5-7-8-9-11(6-2)10(3)12-4/h10-12H,5-9H2,1-4H3. The molecule has 74 valence electrons. The van der Waals surface area contributed by atoms with E-state index in [1.165, 1.54) is 32.1 Å². The molecule has 1 N–H and O–H groups in total. The van der Waals surface area contributed by atoms with Crippen LogP contribution in [0.4, 0.5) is 0 Å². The molecule has 1 nitrogen and oxygen atoms in total. The van der Waals surface area contributed by atoms with E-state index in [4.69, 9.17) is 0 Å². The second-order valence-electron chi connectivity index (χ2n) is 3.74. The third-order valence-electron chi connectivity index (χ3n) is 2.87. The van der Waals surface area contributed by atoms with Gasteiger partial charge in [-0.05, 0) is 26.3 Å². The van der Waals surface area contributed by atoms with Crippen LogP contribution in [-0.2, 0) is 0 Å². The fourth-order valence-corrected chi connectivity index (χ4v) is 1.70. The minimum Gasteiger partial charge on any atom is -0.317 e. The lowest BCUT2D eigenvalue weighted by atomic mass is 9.92. The van der Waals surface area contributed by atoms with Crippen LogP contribution in [0.3, 0.4) is 0 Å². The molecule has 0 aromatic carbocycles. The van der Waals surface area contributed by atoms with Gasteiger partial charge in [-0.15, -0.1) is 0 Å². The first-order chi connectivity index (χ1) is 5.76. The zero-order valence-electron chi connectivity index (χ0n) is 9.19. The summed E-state index contributed by atoms with van der Waals surface area (Å²) in [5.41, 5.74) is 0. The SMILES string of the molecule is CCCCCC(CC)C(C)NC. The highest BCUT2D eigenvalue weighted by molar-refractivity contribution is 4.69. The third kappa shape index (κ3) is 4.76. The molecular weight excluding hydrogens is 146 g/mol. The molecule has 0 aromatic rings. The summed E-state index contributed by atoms with van der Waals surface area (Å²) in [4.78, 5) is 0. The first-order valence-electron chi connectivity index (χ1n) is 5.43. The van der Waals surface area contributed by atoms with Crippen molar-refractivity contribution >= 4 is 0 Å². The van der Waals surface area contributed by atoms with Gasteiger partial charge in [0.1, 0.15) is 0 Å². The predicted molar refractivity (Wildman–Crippen MR) is 56.4 cm³/mol. The summed E-state index contributed by atoms with van der Waals surface area (Å²) in [7, 11) is 2.06. The van der Waals surface area contributed by atoms with Gasteiger partial charge in [-0.2, -0.15) is 0 Å². The molecule has 2 unspecified atom stereocenters. The molecule has 0 bridgehead atoms. The minimum atomic E-state index is 0.687. The summed E-state index contributed by atoms with van der Waals surface area (Å²) < 4.78 is 0. The zero-order valence-corrected chi connectivity index (χ0v) is 9.19. The van der Waals surface area contributed by atoms with E-state index in [2.05, 4.69) is 33.1 Å². The number of hydrogen-bond acceptors (Lipinski definition) is 1. The van der Waals surface area contributed by atoms with Crippen molar-refractivity contribution in [1.82, 2.24) is 5.32 Å². The first-order valence-corrected chi connectivity index (χ1v) is 5.43. The number of unbranched alkanes of at least 4 members (excludes halogenated alkanes) is 2. The topological polar surface area (TPSA) is 12.0 Å². The van der Waals surface area contributed by atoms with Crippen LogP contribution < -0.4 is 5.32 Å². The summed E-state index contributed by atoms with van der Waals surface area (Å²) in [6, 6.07) is 0.687. The predicted octanol–water partition coefficient (Wildman–Crippen LogP) is 3.20. The maximum atomic E-state index is 3.34. The molecule has 0 saturated heterocycles. The van der Waals surface area contributed by atoms with Crippen molar-refractivity contribution < 1.29 is 0 Å². The van der Waals surface area contributed by atoms with Crippen molar-refractivity contribution in [2.75, 3.05) is 7.05 Å². The van der Waals surface area contributed by atoms with Crippen molar-refractivity contribution in [3.05, 3.63) is 0 Å². The van der Waals surface area contributed by atoms with Crippen LogP contribution in [0.25, 0.3) is 0 Å². The lowest BCUT2D eigenvalue weighted by Crippen LogP contribution is -2.30. The normalized spacial score (nSPS) is 16.0. The molecule has 0 fully saturated rings. The summed E-state index contributed by atoms with van der Waals surface area (Å²) in [5, 5.41) is 3.34. The quantitative estimate of drug-likeness (QED) is 0.580. The van der Waals surface area contributed by atoms with E-state index in [0.29, 0.717) is 6.04 Å². The van der Waals surface area contributed by atoms with E-state index in [1.54, 1.807) is 0 Å². The smallest absolute Gasteiger partial charge is 0.00638 e. The van der Waals surface area contributed by atoms with E-state index < -0.39 is 0 Å². The van der Waals surface area contributed by atoms with E-state index in [9.17, 15) is 0 Å². The van der Waals surface area contributed by atoms with Gasteiger partial charge in [-0.25, -0.2) is 0 Å². The Morgan fingerprint density at radius 1 is 1.17 bits per heavy atom. The van der Waals surface area contributed by atoms with Crippen LogP contribution in [0, 0.1) is 5.92 Å². The molecule has 2 atom stereocenters. The van der Waals surface area contributed by atoms with Gasteiger partial charge in [0.2, 0.25) is 0 Å². The second-order valence-corrected chi connectivity index (χ2v) is 3.74. The Balaban J connectivity index is 3.52. The molecule has 0 aliphatic carbocycles. The lowest BCUT2D eigenvalue weighted by Gasteiger charge is -2.21. The molecule has 0 radical (unpaired) electrons. The van der Waals surface area contributed by atoms with Crippen LogP contribution in [0.2, 0.25) is 0 Å². The van der Waals surface area contributed by atoms with Gasteiger partial charge in [0.25, 0.3) is 0 Å². The van der Waals surface area contributed by atoms with E-state index in [1.807, 2.05) is 0 Å². The summed E-state index contributed by atoms with van der Waals surface area (Å²) >= 11 is 0. The molecule has 0 rings (SSSR count). The molecule has 0 heterocycles. The van der Waals surface area contributed by atoms with Crippen LogP contribution in [-0.4, -0.2) is 13.1 Å². The Kier molecular flexibility index (Phi) is 7.58. The molecule has 0 spiro atoms. The van der Waals surface area contributed by atoms with Crippen molar-refractivity contribution in [2.45, 2.75) is 58.9 Å². The van der Waals surface area contributed by atoms with E-state index >= 15 is 0 Å². The molecule has 0 amide bonds. The average molecular weight is 171 g/mol. The Morgan fingerprint density at radius 3 is 2.25 bits per heavy atom. The molecule has 12 heavy (non-hydrogen) atoms. The van der Waals surface area contributed by atoms with Gasteiger partial charge < -0.3 is 5.32 Å². The van der Waals surface area contributed by atoms with Crippen molar-refractivity contribution in [2.24, 2.45) is 5.92 Å². The lowest BCUT2D eigenvalue weighted by molar-refractivity contribution is 0.349. The zero-order chi connectivity index (χ0) is 9.40. The van der Waals surface area contributed by atoms with Crippen LogP contribution in [0.1, 0.15) is 52.9 Å². The van der Waals surface area contributed by atoms with Gasteiger partial charge in [-0.3, -0.25) is 0 Å². The largest absolute Gasteiger partial charge is 0.317 e. The van der Waals surface area contributed by atoms with E-state index in [0.717, 1.165) is 5.92 Å². The van der Waals surface area contributed by atoms with Crippen LogP contribution in [0.5, 0.6) is 0 Å². The van der Waals surface area contributed by atoms with Crippen molar-refractivity contribution in [1.29, 1.82) is 0 Å². The maximum absolute atomic E-state index is 3.34. The fourth-order valence-electron chi connectivity index (χ4n) is 1.70. The van der Waals surface area contributed by atoms with Crippen molar-refractivity contribution in [3.8, 4) is 0 Å². The van der Waals surface area contributed by atoms with Gasteiger partial charge in [-0.1, -0.05) is 39.5 Å². The highest BCUT2D eigenvalue weighted by Gasteiger charge is 2.12. The summed E-state index contributed by atoms with van der Waals surface area (Å²) in [6.45, 7) is 6.85.